The molecule has 0 aliphatic heterocycles. The number of rotatable bonds is 24. The normalized spacial score (nSPS) is 12.8. The molecule has 228 valence electrons. The van der Waals surface area contributed by atoms with Crippen molar-refractivity contribution in [3.8, 4) is 0 Å². The van der Waals surface area contributed by atoms with Gasteiger partial charge in [0.15, 0.2) is 23.3 Å². The standard InChI is InChI=1S/C30H49F5O4/c1-5-9-10-11-12-13-16-23(30(37-18-6-2,38-19-7-3)39-20-8-4)17-14-15-21-36-22-24-25(31)27(33)29(35)28(34)26(24)32/h23H,5-22H2,1-4H3. The first-order valence-corrected chi connectivity index (χ1v) is 14.8. The number of halogens is 5. The molecule has 1 rings (SSSR count). The van der Waals surface area contributed by atoms with Gasteiger partial charge in [0.1, 0.15) is 0 Å². The van der Waals surface area contributed by atoms with E-state index in [1.165, 1.54) is 25.7 Å². The van der Waals surface area contributed by atoms with Crippen LogP contribution in [-0.4, -0.2) is 32.4 Å². The first kappa shape index (κ1) is 35.7. The van der Waals surface area contributed by atoms with E-state index in [2.05, 4.69) is 6.92 Å². The summed E-state index contributed by atoms with van der Waals surface area (Å²) in [6.45, 7) is 9.23. The topological polar surface area (TPSA) is 36.9 Å². The first-order chi connectivity index (χ1) is 18.8. The van der Waals surface area contributed by atoms with Crippen molar-refractivity contribution in [3.63, 3.8) is 0 Å². The van der Waals surface area contributed by atoms with Crippen LogP contribution >= 0.6 is 0 Å². The monoisotopic (exact) mass is 568 g/mol. The molecule has 1 atom stereocenters. The molecule has 1 unspecified atom stereocenters. The summed E-state index contributed by atoms with van der Waals surface area (Å²) in [5.74, 6) is -11.0. The Bertz CT molecular complexity index is 742. The molecule has 9 heteroatoms. The van der Waals surface area contributed by atoms with Crippen LogP contribution < -0.4 is 0 Å². The van der Waals surface area contributed by atoms with Crippen LogP contribution in [0.2, 0.25) is 0 Å². The summed E-state index contributed by atoms with van der Waals surface area (Å²) in [7, 11) is 0. The molecule has 0 spiro atoms. The fraction of sp³-hybridized carbons (Fsp3) is 0.800. The molecule has 0 fully saturated rings. The maximum absolute atomic E-state index is 13.9. The second kappa shape index (κ2) is 20.6. The third-order valence-electron chi connectivity index (χ3n) is 6.57. The van der Waals surface area contributed by atoms with Crippen LogP contribution in [0.25, 0.3) is 0 Å². The minimum atomic E-state index is -2.17. The highest BCUT2D eigenvalue weighted by Gasteiger charge is 2.42. The lowest BCUT2D eigenvalue weighted by molar-refractivity contribution is -0.406. The Hall–Kier alpha value is -1.29. The highest BCUT2D eigenvalue weighted by molar-refractivity contribution is 5.23. The van der Waals surface area contributed by atoms with Crippen LogP contribution in [0.1, 0.15) is 117 Å². The van der Waals surface area contributed by atoms with E-state index < -0.39 is 47.2 Å². The molecular formula is C30H49F5O4. The first-order valence-electron chi connectivity index (χ1n) is 14.8. The van der Waals surface area contributed by atoms with Crippen LogP contribution in [0.3, 0.4) is 0 Å². The minimum Gasteiger partial charge on any atom is -0.377 e. The van der Waals surface area contributed by atoms with Gasteiger partial charge in [-0.05, 0) is 38.5 Å². The van der Waals surface area contributed by atoms with Crippen molar-refractivity contribution >= 4 is 0 Å². The molecule has 0 aliphatic rings. The maximum atomic E-state index is 13.9. The Kier molecular flexibility index (Phi) is 18.8. The number of hydrogen-bond donors (Lipinski definition) is 0. The fourth-order valence-electron chi connectivity index (χ4n) is 4.43. The van der Waals surface area contributed by atoms with Gasteiger partial charge in [-0.15, -0.1) is 0 Å². The van der Waals surface area contributed by atoms with E-state index in [-0.39, 0.29) is 12.5 Å². The maximum Gasteiger partial charge on any atom is 0.285 e. The van der Waals surface area contributed by atoms with E-state index in [4.69, 9.17) is 18.9 Å². The van der Waals surface area contributed by atoms with E-state index in [1.54, 1.807) is 0 Å². The molecule has 0 saturated carbocycles. The molecule has 39 heavy (non-hydrogen) atoms. The Labute approximate surface area is 231 Å². The molecule has 0 aliphatic carbocycles. The van der Waals surface area contributed by atoms with Gasteiger partial charge < -0.3 is 18.9 Å². The van der Waals surface area contributed by atoms with Crippen molar-refractivity contribution in [3.05, 3.63) is 34.6 Å². The minimum absolute atomic E-state index is 0.0245. The summed E-state index contributed by atoms with van der Waals surface area (Å²) >= 11 is 0. The predicted octanol–water partition coefficient (Wildman–Crippen LogP) is 9.37. The molecule has 0 heterocycles. The van der Waals surface area contributed by atoms with Gasteiger partial charge in [0.2, 0.25) is 5.82 Å². The largest absolute Gasteiger partial charge is 0.377 e. The number of unbranched alkanes of at least 4 members (excludes halogenated alkanes) is 6. The zero-order chi connectivity index (χ0) is 29.1. The Morgan fingerprint density at radius 1 is 0.513 bits per heavy atom. The fourth-order valence-corrected chi connectivity index (χ4v) is 4.43. The summed E-state index contributed by atoms with van der Waals surface area (Å²) in [5.41, 5.74) is -0.958. The molecule has 1 aromatic carbocycles. The van der Waals surface area contributed by atoms with Gasteiger partial charge in [-0.1, -0.05) is 72.6 Å². The lowest BCUT2D eigenvalue weighted by atomic mass is 9.92. The Morgan fingerprint density at radius 2 is 0.949 bits per heavy atom. The lowest BCUT2D eigenvalue weighted by Gasteiger charge is -2.40. The number of hydrogen-bond acceptors (Lipinski definition) is 4. The van der Waals surface area contributed by atoms with Crippen molar-refractivity contribution in [1.82, 2.24) is 0 Å². The summed E-state index contributed by atoms with van der Waals surface area (Å²) in [6.07, 6.45) is 12.3. The van der Waals surface area contributed by atoms with Crippen LogP contribution in [0.15, 0.2) is 0 Å². The molecule has 1 aromatic rings. The second-order valence-electron chi connectivity index (χ2n) is 10.00. The number of benzene rings is 1. The van der Waals surface area contributed by atoms with Crippen molar-refractivity contribution in [2.24, 2.45) is 5.92 Å². The van der Waals surface area contributed by atoms with Gasteiger partial charge in [0.25, 0.3) is 5.97 Å². The van der Waals surface area contributed by atoms with Crippen LogP contribution in [0.5, 0.6) is 0 Å². The van der Waals surface area contributed by atoms with Crippen molar-refractivity contribution in [2.45, 2.75) is 124 Å². The van der Waals surface area contributed by atoms with Crippen LogP contribution in [0.4, 0.5) is 22.0 Å². The highest BCUT2D eigenvalue weighted by atomic mass is 19.2. The van der Waals surface area contributed by atoms with Gasteiger partial charge in [-0.25, -0.2) is 22.0 Å². The van der Waals surface area contributed by atoms with E-state index >= 15 is 0 Å². The molecule has 0 saturated heterocycles. The van der Waals surface area contributed by atoms with E-state index in [9.17, 15) is 22.0 Å². The Morgan fingerprint density at radius 3 is 1.44 bits per heavy atom. The average molecular weight is 569 g/mol. The van der Waals surface area contributed by atoms with Crippen molar-refractivity contribution in [1.29, 1.82) is 0 Å². The second-order valence-corrected chi connectivity index (χ2v) is 10.00. The Balaban J connectivity index is 2.83. The molecule has 0 bridgehead atoms. The molecule has 0 N–H and O–H groups in total. The van der Waals surface area contributed by atoms with Gasteiger partial charge >= 0.3 is 0 Å². The highest BCUT2D eigenvalue weighted by Crippen LogP contribution is 2.35. The van der Waals surface area contributed by atoms with Crippen LogP contribution in [0, 0.1) is 35.0 Å². The van der Waals surface area contributed by atoms with E-state index in [0.717, 1.165) is 44.9 Å². The van der Waals surface area contributed by atoms with Gasteiger partial charge in [-0.2, -0.15) is 0 Å². The summed E-state index contributed by atoms with van der Waals surface area (Å²) in [6, 6.07) is 0. The smallest absolute Gasteiger partial charge is 0.285 e. The van der Waals surface area contributed by atoms with Crippen LogP contribution in [-0.2, 0) is 25.6 Å². The third kappa shape index (κ3) is 12.0. The SMILES string of the molecule is CCCCCCCCC(CCCCOCc1c(F)c(F)c(F)c(F)c1F)C(OCCC)(OCCC)OCCC. The molecule has 0 amide bonds. The summed E-state index contributed by atoms with van der Waals surface area (Å²) in [4.78, 5) is 0. The number of ether oxygens (including phenoxy) is 4. The van der Waals surface area contributed by atoms with Gasteiger partial charge in [-0.3, -0.25) is 0 Å². The average Bonchev–Trinajstić information content (AvgIpc) is 2.94. The third-order valence-corrected chi connectivity index (χ3v) is 6.57. The quantitative estimate of drug-likeness (QED) is 0.0409. The van der Waals surface area contributed by atoms with Gasteiger partial charge in [0, 0.05) is 12.5 Å². The van der Waals surface area contributed by atoms with E-state index in [1.807, 2.05) is 20.8 Å². The lowest BCUT2D eigenvalue weighted by Crippen LogP contribution is -2.47. The molecule has 0 aromatic heterocycles. The zero-order valence-electron chi connectivity index (χ0n) is 24.3. The van der Waals surface area contributed by atoms with Gasteiger partial charge in [0.05, 0.1) is 32.0 Å². The summed E-state index contributed by atoms with van der Waals surface area (Å²) in [5, 5.41) is 0. The van der Waals surface area contributed by atoms with E-state index in [0.29, 0.717) is 32.7 Å². The molecule has 0 radical (unpaired) electrons. The summed E-state index contributed by atoms with van der Waals surface area (Å²) < 4.78 is 92.0. The zero-order valence-corrected chi connectivity index (χ0v) is 24.3. The van der Waals surface area contributed by atoms with Crippen molar-refractivity contribution in [2.75, 3.05) is 26.4 Å². The van der Waals surface area contributed by atoms with Crippen molar-refractivity contribution < 1.29 is 40.9 Å². The molecule has 4 nitrogen and oxygen atoms in total. The predicted molar refractivity (Wildman–Crippen MR) is 143 cm³/mol. The molecular weight excluding hydrogens is 519 g/mol.